The highest BCUT2D eigenvalue weighted by Crippen LogP contribution is 2.58. The van der Waals surface area contributed by atoms with E-state index in [0.717, 1.165) is 19.3 Å². The van der Waals surface area contributed by atoms with Gasteiger partial charge in [0.1, 0.15) is 0 Å². The van der Waals surface area contributed by atoms with Crippen molar-refractivity contribution in [3.05, 3.63) is 0 Å². The van der Waals surface area contributed by atoms with E-state index in [0.29, 0.717) is 5.25 Å². The minimum atomic E-state index is -0.853. The van der Waals surface area contributed by atoms with Gasteiger partial charge in [-0.25, -0.2) is 0 Å². The molecule has 2 aliphatic rings. The molecule has 2 N–H and O–H groups in total. The Bertz CT molecular complexity index is 369. The molecular formula is C13H21NO3S. The van der Waals surface area contributed by atoms with E-state index in [1.807, 2.05) is 25.6 Å². The third-order valence-corrected chi connectivity index (χ3v) is 5.53. The standard InChI is InChI=1S/C13H21NO3S/c1-13(2)9(10(13)12(16)17)11(15)14-7-4-5-8(6-7)18-3/h7-10H,4-6H2,1-3H3,(H,14,15)(H,16,17). The minimum absolute atomic E-state index is 0.0702. The average molecular weight is 271 g/mol. The van der Waals surface area contributed by atoms with E-state index in [1.54, 1.807) is 0 Å². The van der Waals surface area contributed by atoms with Crippen LogP contribution in [-0.2, 0) is 9.59 Å². The Labute approximate surface area is 112 Å². The number of amides is 1. The molecule has 1 amide bonds. The molecule has 0 aliphatic heterocycles. The second-order valence-corrected chi connectivity index (χ2v) is 7.13. The second kappa shape index (κ2) is 4.76. The molecule has 0 spiro atoms. The summed E-state index contributed by atoms with van der Waals surface area (Å²) in [6.07, 6.45) is 5.27. The van der Waals surface area contributed by atoms with Crippen molar-refractivity contribution in [2.75, 3.05) is 6.26 Å². The van der Waals surface area contributed by atoms with Gasteiger partial charge in [0.15, 0.2) is 0 Å². The first-order valence-electron chi connectivity index (χ1n) is 6.44. The molecule has 4 atom stereocenters. The van der Waals surface area contributed by atoms with Crippen molar-refractivity contribution in [2.24, 2.45) is 17.3 Å². The fourth-order valence-electron chi connectivity index (χ4n) is 3.16. The maximum Gasteiger partial charge on any atom is 0.307 e. The Hall–Kier alpha value is -0.710. The number of hydrogen-bond donors (Lipinski definition) is 2. The number of thioether (sulfide) groups is 1. The zero-order valence-electron chi connectivity index (χ0n) is 11.1. The highest BCUT2D eigenvalue weighted by Gasteiger charge is 2.66. The molecule has 18 heavy (non-hydrogen) atoms. The molecular weight excluding hydrogens is 250 g/mol. The molecule has 0 heterocycles. The van der Waals surface area contributed by atoms with Crippen molar-refractivity contribution in [2.45, 2.75) is 44.4 Å². The van der Waals surface area contributed by atoms with Crippen molar-refractivity contribution in [3.63, 3.8) is 0 Å². The number of carbonyl (C=O) groups is 2. The molecule has 0 bridgehead atoms. The molecule has 0 aromatic rings. The van der Waals surface area contributed by atoms with Gasteiger partial charge in [0.25, 0.3) is 0 Å². The Morgan fingerprint density at radius 2 is 1.94 bits per heavy atom. The summed E-state index contributed by atoms with van der Waals surface area (Å²) in [5, 5.41) is 12.7. The fraction of sp³-hybridized carbons (Fsp3) is 0.846. The fourth-order valence-corrected chi connectivity index (χ4v) is 3.96. The molecule has 2 aliphatic carbocycles. The van der Waals surface area contributed by atoms with Crippen LogP contribution in [0, 0.1) is 17.3 Å². The van der Waals surface area contributed by atoms with Crippen LogP contribution in [0.1, 0.15) is 33.1 Å². The van der Waals surface area contributed by atoms with E-state index in [-0.39, 0.29) is 17.9 Å². The van der Waals surface area contributed by atoms with Crippen LogP contribution in [0.2, 0.25) is 0 Å². The van der Waals surface area contributed by atoms with E-state index < -0.39 is 17.3 Å². The Kier molecular flexibility index (Phi) is 3.63. The predicted octanol–water partition coefficient (Wildman–Crippen LogP) is 1.74. The van der Waals surface area contributed by atoms with Crippen LogP contribution in [0.4, 0.5) is 0 Å². The van der Waals surface area contributed by atoms with Crippen molar-refractivity contribution in [3.8, 4) is 0 Å². The zero-order valence-corrected chi connectivity index (χ0v) is 11.9. The summed E-state index contributed by atoms with van der Waals surface area (Å²) in [6, 6.07) is 0.237. The molecule has 102 valence electrons. The van der Waals surface area contributed by atoms with E-state index in [4.69, 9.17) is 5.11 Å². The Morgan fingerprint density at radius 1 is 1.28 bits per heavy atom. The summed E-state index contributed by atoms with van der Waals surface area (Å²) in [6.45, 7) is 3.71. The molecule has 2 fully saturated rings. The SMILES string of the molecule is CSC1CCC(NC(=O)C2C(C(=O)O)C2(C)C)C1. The van der Waals surface area contributed by atoms with Gasteiger partial charge >= 0.3 is 5.97 Å². The summed E-state index contributed by atoms with van der Waals surface area (Å²) in [4.78, 5) is 23.1. The molecule has 0 saturated heterocycles. The summed E-state index contributed by atoms with van der Waals surface area (Å²) in [7, 11) is 0. The number of carboxylic acids is 1. The van der Waals surface area contributed by atoms with Gasteiger partial charge in [0.05, 0.1) is 11.8 Å². The number of carbonyl (C=O) groups excluding carboxylic acids is 1. The maximum atomic E-state index is 12.1. The van der Waals surface area contributed by atoms with Crippen molar-refractivity contribution in [1.29, 1.82) is 0 Å². The Morgan fingerprint density at radius 3 is 2.39 bits per heavy atom. The van der Waals surface area contributed by atoms with Crippen LogP contribution < -0.4 is 5.32 Å². The summed E-state index contributed by atoms with van der Waals surface area (Å²) >= 11 is 1.85. The van der Waals surface area contributed by atoms with Crippen LogP contribution in [0.25, 0.3) is 0 Å². The monoisotopic (exact) mass is 271 g/mol. The van der Waals surface area contributed by atoms with Gasteiger partial charge < -0.3 is 10.4 Å². The van der Waals surface area contributed by atoms with E-state index in [2.05, 4.69) is 11.6 Å². The maximum absolute atomic E-state index is 12.1. The molecule has 0 aromatic carbocycles. The number of carboxylic acid groups (broad SMARTS) is 1. The zero-order chi connectivity index (χ0) is 13.5. The van der Waals surface area contributed by atoms with Crippen LogP contribution in [0.15, 0.2) is 0 Å². The average Bonchev–Trinajstić information content (AvgIpc) is 2.67. The van der Waals surface area contributed by atoms with Crippen LogP contribution in [0.3, 0.4) is 0 Å². The van der Waals surface area contributed by atoms with Gasteiger partial charge in [-0.3, -0.25) is 9.59 Å². The van der Waals surface area contributed by atoms with Gasteiger partial charge in [0.2, 0.25) is 5.91 Å². The van der Waals surface area contributed by atoms with E-state index >= 15 is 0 Å². The first-order chi connectivity index (χ1) is 8.37. The minimum Gasteiger partial charge on any atom is -0.481 e. The lowest BCUT2D eigenvalue weighted by molar-refractivity contribution is -0.140. The molecule has 4 nitrogen and oxygen atoms in total. The third-order valence-electron chi connectivity index (χ3n) is 4.44. The van der Waals surface area contributed by atoms with Gasteiger partial charge in [0, 0.05) is 11.3 Å². The number of rotatable bonds is 4. The molecule has 5 heteroatoms. The summed E-state index contributed by atoms with van der Waals surface area (Å²) < 4.78 is 0. The molecule has 0 radical (unpaired) electrons. The highest BCUT2D eigenvalue weighted by molar-refractivity contribution is 7.99. The summed E-state index contributed by atoms with van der Waals surface area (Å²) in [5.41, 5.74) is -0.395. The number of nitrogens with one attached hydrogen (secondary N) is 1. The largest absolute Gasteiger partial charge is 0.481 e. The quantitative estimate of drug-likeness (QED) is 0.817. The van der Waals surface area contributed by atoms with E-state index in [1.165, 1.54) is 0 Å². The molecule has 4 unspecified atom stereocenters. The van der Waals surface area contributed by atoms with Crippen molar-refractivity contribution in [1.82, 2.24) is 5.32 Å². The summed E-state index contributed by atoms with van der Waals surface area (Å²) in [5.74, 6) is -1.80. The molecule has 0 aromatic heterocycles. The van der Waals surface area contributed by atoms with Gasteiger partial charge in [-0.1, -0.05) is 13.8 Å². The van der Waals surface area contributed by atoms with Crippen LogP contribution in [-0.4, -0.2) is 34.5 Å². The molecule has 2 rings (SSSR count). The van der Waals surface area contributed by atoms with Gasteiger partial charge in [-0.05, 0) is 30.9 Å². The lowest BCUT2D eigenvalue weighted by atomic mass is 10.1. The first-order valence-corrected chi connectivity index (χ1v) is 7.72. The van der Waals surface area contributed by atoms with Crippen molar-refractivity contribution >= 4 is 23.6 Å². The van der Waals surface area contributed by atoms with Gasteiger partial charge in [-0.2, -0.15) is 11.8 Å². The third kappa shape index (κ3) is 2.37. The highest BCUT2D eigenvalue weighted by atomic mass is 32.2. The lowest BCUT2D eigenvalue weighted by Crippen LogP contribution is -2.35. The van der Waals surface area contributed by atoms with Crippen molar-refractivity contribution < 1.29 is 14.7 Å². The lowest BCUT2D eigenvalue weighted by Gasteiger charge is -2.13. The first kappa shape index (κ1) is 13.7. The normalized spacial score (nSPS) is 37.3. The smallest absolute Gasteiger partial charge is 0.307 e. The topological polar surface area (TPSA) is 66.4 Å². The van der Waals surface area contributed by atoms with Gasteiger partial charge in [-0.15, -0.1) is 0 Å². The number of hydrogen-bond acceptors (Lipinski definition) is 3. The van der Waals surface area contributed by atoms with E-state index in [9.17, 15) is 9.59 Å². The van der Waals surface area contributed by atoms with Crippen LogP contribution >= 0.6 is 11.8 Å². The predicted molar refractivity (Wildman–Crippen MR) is 71.5 cm³/mol. The Balaban J connectivity index is 1.89. The second-order valence-electron chi connectivity index (χ2n) is 5.99. The molecule has 2 saturated carbocycles. The number of aliphatic carboxylic acids is 1. The van der Waals surface area contributed by atoms with Crippen LogP contribution in [0.5, 0.6) is 0 Å².